The van der Waals surface area contributed by atoms with E-state index < -0.39 is 59.3 Å². The molecule has 328 valence electrons. The Kier molecular flexibility index (Phi) is 10.3. The van der Waals surface area contributed by atoms with Gasteiger partial charge < -0.3 is 28.8 Å². The largest absolute Gasteiger partial charge is 0.462 e. The van der Waals surface area contributed by atoms with E-state index in [1.807, 2.05) is 27.7 Å². The third-order valence-corrected chi connectivity index (χ3v) is 19.7. The van der Waals surface area contributed by atoms with Gasteiger partial charge in [0.05, 0.1) is 36.2 Å². The van der Waals surface area contributed by atoms with Gasteiger partial charge in [-0.2, -0.15) is 0 Å². The molecular formula is C48H70O11. The molecule has 0 aromatic heterocycles. The summed E-state index contributed by atoms with van der Waals surface area (Å²) in [6, 6.07) is 0. The van der Waals surface area contributed by atoms with Gasteiger partial charge in [0.2, 0.25) is 0 Å². The molecule has 11 nitrogen and oxygen atoms in total. The number of cyclic esters (lactones) is 2. The summed E-state index contributed by atoms with van der Waals surface area (Å²) < 4.78 is 28.8. The van der Waals surface area contributed by atoms with Crippen molar-refractivity contribution in [1.82, 2.24) is 0 Å². The number of carbonyl (C=O) groups excluding carboxylic acids is 5. The fourth-order valence-corrected chi connectivity index (χ4v) is 17.1. The van der Waals surface area contributed by atoms with Gasteiger partial charge in [-0.05, 0) is 167 Å². The molecule has 1 heterocycles. The molecule has 21 atom stereocenters. The lowest BCUT2D eigenvalue weighted by Crippen LogP contribution is -2.53. The number of fused-ring (bicyclic) bond motifs is 8. The van der Waals surface area contributed by atoms with Gasteiger partial charge in [-0.3, -0.25) is 24.0 Å². The molecule has 0 spiro atoms. The van der Waals surface area contributed by atoms with Crippen LogP contribution in [0.25, 0.3) is 0 Å². The van der Waals surface area contributed by atoms with Crippen molar-refractivity contribution in [3.63, 3.8) is 0 Å². The molecule has 9 aliphatic rings. The number of methoxy groups -OCH3 is 1. The Balaban J connectivity index is 1.10. The number of ether oxygens (including phenoxy) is 5. The van der Waals surface area contributed by atoms with Crippen LogP contribution in [0.4, 0.5) is 0 Å². The van der Waals surface area contributed by atoms with E-state index in [2.05, 4.69) is 27.7 Å². The van der Waals surface area contributed by atoms with Crippen molar-refractivity contribution in [2.24, 2.45) is 117 Å². The van der Waals surface area contributed by atoms with Crippen LogP contribution in [-0.4, -0.2) is 66.7 Å². The highest BCUT2D eigenvalue weighted by Gasteiger charge is 2.73. The highest BCUT2D eigenvalue weighted by molar-refractivity contribution is 5.96. The van der Waals surface area contributed by atoms with Crippen LogP contribution in [0.5, 0.6) is 0 Å². The van der Waals surface area contributed by atoms with E-state index in [1.165, 1.54) is 7.11 Å². The highest BCUT2D eigenvalue weighted by Crippen LogP contribution is 2.74. The van der Waals surface area contributed by atoms with Crippen molar-refractivity contribution >= 4 is 29.8 Å². The molecule has 1 N–H and O–H groups in total. The van der Waals surface area contributed by atoms with E-state index in [4.69, 9.17) is 23.7 Å². The molecule has 21 unspecified atom stereocenters. The van der Waals surface area contributed by atoms with Gasteiger partial charge in [-0.15, -0.1) is 0 Å². The standard InChI is InChI=1S/C48H70O11/c1-21-25-15-27(31(49)19-33(50)59-46(3,4)5)28(16-25)34(21)38-29-18-30(39(38)37-24-11-10-23(14-24)36(37)35-22(2)42(51)58-44(35)53)41(40(29)43(52)56-20-55-9)45(54)57-32-17-26-12-13-48(32,8)47(26,6)7/h21-32,34-41,49H,10-20H2,1-9H3. The average molecular weight is 823 g/mol. The second kappa shape index (κ2) is 14.5. The maximum Gasteiger partial charge on any atom is 0.317 e. The van der Waals surface area contributed by atoms with E-state index in [-0.39, 0.29) is 89.4 Å². The van der Waals surface area contributed by atoms with Crippen molar-refractivity contribution in [1.29, 1.82) is 0 Å². The summed E-state index contributed by atoms with van der Waals surface area (Å²) in [5.74, 6) is -2.66. The molecule has 0 amide bonds. The first-order valence-electron chi connectivity index (χ1n) is 23.3. The Morgan fingerprint density at radius 3 is 2.03 bits per heavy atom. The quantitative estimate of drug-likeness (QED) is 0.0993. The molecule has 9 rings (SSSR count). The summed E-state index contributed by atoms with van der Waals surface area (Å²) in [4.78, 5) is 69.3. The SMILES string of the molecule is COCOC(=O)C1C2CC(C1C(=O)OC1CC3CCC1(C)C3(C)C)C(C1C3CCC(C3)C1C1C(=O)OC(=O)C1C)C2C1C(C)C2CC(C(O)CC(=O)OC(C)(C)C)C1C2. The van der Waals surface area contributed by atoms with Crippen molar-refractivity contribution in [3.05, 3.63) is 0 Å². The zero-order chi connectivity index (χ0) is 42.2. The topological polar surface area (TPSA) is 152 Å². The number of hydrogen-bond acceptors (Lipinski definition) is 11. The molecule has 11 heteroatoms. The van der Waals surface area contributed by atoms with Gasteiger partial charge in [-0.1, -0.05) is 34.6 Å². The molecule has 1 saturated heterocycles. The van der Waals surface area contributed by atoms with Crippen molar-refractivity contribution in [2.75, 3.05) is 13.9 Å². The normalized spacial score (nSPS) is 49.2. The van der Waals surface area contributed by atoms with Gasteiger partial charge in [0, 0.05) is 12.5 Å². The smallest absolute Gasteiger partial charge is 0.317 e. The van der Waals surface area contributed by atoms with Crippen LogP contribution in [0.1, 0.15) is 120 Å². The lowest BCUT2D eigenvalue weighted by molar-refractivity contribution is -0.182. The number of carbonyl (C=O) groups is 5. The summed E-state index contributed by atoms with van der Waals surface area (Å²) >= 11 is 0. The van der Waals surface area contributed by atoms with Crippen LogP contribution >= 0.6 is 0 Å². The van der Waals surface area contributed by atoms with Crippen LogP contribution in [0.15, 0.2) is 0 Å². The van der Waals surface area contributed by atoms with E-state index in [0.29, 0.717) is 36.0 Å². The number of aliphatic hydroxyl groups excluding tert-OH is 1. The predicted molar refractivity (Wildman–Crippen MR) is 213 cm³/mol. The minimum Gasteiger partial charge on any atom is -0.462 e. The summed E-state index contributed by atoms with van der Waals surface area (Å²) in [7, 11) is 1.49. The summed E-state index contributed by atoms with van der Waals surface area (Å²) in [5.41, 5.74) is -0.757. The molecule has 9 fully saturated rings. The van der Waals surface area contributed by atoms with Crippen molar-refractivity contribution in [2.45, 2.75) is 137 Å². The average Bonchev–Trinajstić information content (AvgIpc) is 4.04. The minimum atomic E-state index is -0.847. The summed E-state index contributed by atoms with van der Waals surface area (Å²) in [6.07, 6.45) is 7.38. The van der Waals surface area contributed by atoms with Gasteiger partial charge in [-0.25, -0.2) is 0 Å². The predicted octanol–water partition coefficient (Wildman–Crippen LogP) is 7.01. The van der Waals surface area contributed by atoms with Crippen molar-refractivity contribution in [3.8, 4) is 0 Å². The van der Waals surface area contributed by atoms with Crippen LogP contribution in [0.2, 0.25) is 0 Å². The Bertz CT molecular complexity index is 1730. The van der Waals surface area contributed by atoms with Crippen molar-refractivity contribution < 1.29 is 52.8 Å². The van der Waals surface area contributed by atoms with Gasteiger partial charge in [0.1, 0.15) is 11.7 Å². The zero-order valence-corrected chi connectivity index (χ0v) is 36.9. The first-order chi connectivity index (χ1) is 27.8. The second-order valence-corrected chi connectivity index (χ2v) is 23.1. The van der Waals surface area contributed by atoms with Gasteiger partial charge >= 0.3 is 29.8 Å². The lowest BCUT2D eigenvalue weighted by Gasteiger charge is -2.52. The monoisotopic (exact) mass is 822 g/mol. The third-order valence-electron chi connectivity index (χ3n) is 19.7. The molecular weight excluding hydrogens is 753 g/mol. The molecule has 8 saturated carbocycles. The number of rotatable bonds is 11. The Labute approximate surface area is 350 Å². The van der Waals surface area contributed by atoms with E-state index >= 15 is 4.79 Å². The number of hydrogen-bond donors (Lipinski definition) is 1. The molecule has 0 radical (unpaired) electrons. The van der Waals surface area contributed by atoms with Crippen LogP contribution in [0.3, 0.4) is 0 Å². The third kappa shape index (κ3) is 6.32. The van der Waals surface area contributed by atoms with Gasteiger partial charge in [0.15, 0.2) is 6.79 Å². The van der Waals surface area contributed by atoms with E-state index in [1.54, 1.807) is 0 Å². The summed E-state index contributed by atoms with van der Waals surface area (Å²) in [5, 5.41) is 11.8. The molecule has 0 aromatic carbocycles. The van der Waals surface area contributed by atoms with Crippen LogP contribution in [-0.2, 0) is 47.7 Å². The number of esters is 5. The van der Waals surface area contributed by atoms with E-state index in [0.717, 1.165) is 51.4 Å². The molecule has 59 heavy (non-hydrogen) atoms. The Hall–Kier alpha value is -2.53. The van der Waals surface area contributed by atoms with Crippen LogP contribution in [0, 0.1) is 117 Å². The van der Waals surface area contributed by atoms with Crippen LogP contribution < -0.4 is 0 Å². The first-order valence-corrected chi connectivity index (χ1v) is 23.3. The first kappa shape index (κ1) is 41.8. The summed E-state index contributed by atoms with van der Waals surface area (Å²) in [6.45, 7) is 16.4. The van der Waals surface area contributed by atoms with E-state index in [9.17, 15) is 24.3 Å². The molecule has 8 aliphatic carbocycles. The molecule has 0 aromatic rings. The minimum absolute atomic E-state index is 0.0162. The Morgan fingerprint density at radius 2 is 1.46 bits per heavy atom. The molecule has 8 bridgehead atoms. The number of aliphatic hydroxyl groups is 1. The molecule has 1 aliphatic heterocycles. The maximum atomic E-state index is 15.1. The fourth-order valence-electron chi connectivity index (χ4n) is 17.1. The highest BCUT2D eigenvalue weighted by atomic mass is 16.7. The zero-order valence-electron chi connectivity index (χ0n) is 36.9. The lowest BCUT2D eigenvalue weighted by atomic mass is 9.52. The Morgan fingerprint density at radius 1 is 0.797 bits per heavy atom. The maximum absolute atomic E-state index is 15.1. The van der Waals surface area contributed by atoms with Gasteiger partial charge in [0.25, 0.3) is 0 Å². The fraction of sp³-hybridized carbons (Fsp3) is 0.896. The second-order valence-electron chi connectivity index (χ2n) is 23.1.